The fourth-order valence-corrected chi connectivity index (χ4v) is 2.57. The zero-order valence-electron chi connectivity index (χ0n) is 9.03. The third-order valence-electron chi connectivity index (χ3n) is 2.44. The van der Waals surface area contributed by atoms with Gasteiger partial charge in [0.15, 0.2) is 0 Å². The minimum atomic E-state index is 0.0800. The van der Waals surface area contributed by atoms with Crippen LogP contribution in [0.25, 0.3) is 0 Å². The van der Waals surface area contributed by atoms with Crippen LogP contribution >= 0.6 is 11.8 Å². The molecule has 5 nitrogen and oxygen atoms in total. The standard InChI is InChI=1S/C10H16N4OS/c15-10(5-8-7-16-4-3-11-8)14-6-9-12-1-2-13-9/h1-2,8,11H,3-7H2,(H,12,13)(H,14,15). The van der Waals surface area contributed by atoms with Gasteiger partial charge in [-0.3, -0.25) is 4.79 Å². The van der Waals surface area contributed by atoms with Crippen molar-refractivity contribution in [2.24, 2.45) is 0 Å². The highest BCUT2D eigenvalue weighted by Crippen LogP contribution is 2.09. The van der Waals surface area contributed by atoms with Gasteiger partial charge in [-0.15, -0.1) is 0 Å². The van der Waals surface area contributed by atoms with Crippen LogP contribution in [0.5, 0.6) is 0 Å². The Hall–Kier alpha value is -1.01. The summed E-state index contributed by atoms with van der Waals surface area (Å²) < 4.78 is 0. The number of aromatic nitrogens is 2. The summed E-state index contributed by atoms with van der Waals surface area (Å²) in [6.45, 7) is 1.48. The number of hydrogen-bond donors (Lipinski definition) is 3. The number of nitrogens with one attached hydrogen (secondary N) is 3. The molecular weight excluding hydrogens is 224 g/mol. The van der Waals surface area contributed by atoms with E-state index in [1.54, 1.807) is 12.4 Å². The summed E-state index contributed by atoms with van der Waals surface area (Å²) in [5, 5.41) is 6.19. The van der Waals surface area contributed by atoms with E-state index >= 15 is 0 Å². The molecule has 1 aliphatic heterocycles. The second kappa shape index (κ2) is 5.91. The first-order valence-electron chi connectivity index (χ1n) is 5.40. The lowest BCUT2D eigenvalue weighted by Gasteiger charge is -2.22. The van der Waals surface area contributed by atoms with E-state index in [0.29, 0.717) is 19.0 Å². The molecule has 2 heterocycles. The highest BCUT2D eigenvalue weighted by atomic mass is 32.2. The van der Waals surface area contributed by atoms with Crippen LogP contribution in [-0.4, -0.2) is 40.0 Å². The Kier molecular flexibility index (Phi) is 4.24. The molecule has 3 N–H and O–H groups in total. The number of nitrogens with zero attached hydrogens (tertiary/aromatic N) is 1. The quantitative estimate of drug-likeness (QED) is 0.699. The van der Waals surface area contributed by atoms with Gasteiger partial charge in [-0.25, -0.2) is 4.98 Å². The van der Waals surface area contributed by atoms with Crippen LogP contribution in [0.15, 0.2) is 12.4 Å². The Balaban J connectivity index is 1.67. The number of carbonyl (C=O) groups excluding carboxylic acids is 1. The average molecular weight is 240 g/mol. The fraction of sp³-hybridized carbons (Fsp3) is 0.600. The Morgan fingerprint density at radius 2 is 2.62 bits per heavy atom. The number of carbonyl (C=O) groups is 1. The first kappa shape index (κ1) is 11.5. The highest BCUT2D eigenvalue weighted by molar-refractivity contribution is 7.99. The van der Waals surface area contributed by atoms with Crippen molar-refractivity contribution >= 4 is 17.7 Å². The lowest BCUT2D eigenvalue weighted by Crippen LogP contribution is -2.41. The number of hydrogen-bond acceptors (Lipinski definition) is 4. The van der Waals surface area contributed by atoms with Gasteiger partial charge in [0.25, 0.3) is 0 Å². The Bertz CT molecular complexity index is 322. The van der Waals surface area contributed by atoms with Crippen LogP contribution in [0.2, 0.25) is 0 Å². The topological polar surface area (TPSA) is 69.8 Å². The van der Waals surface area contributed by atoms with Gasteiger partial charge in [-0.1, -0.05) is 0 Å². The molecule has 1 atom stereocenters. The van der Waals surface area contributed by atoms with Crippen LogP contribution in [0.4, 0.5) is 0 Å². The Labute approximate surface area is 98.8 Å². The van der Waals surface area contributed by atoms with Crippen molar-refractivity contribution < 1.29 is 4.79 Å². The van der Waals surface area contributed by atoms with Crippen molar-refractivity contribution in [3.8, 4) is 0 Å². The molecule has 1 saturated heterocycles. The van der Waals surface area contributed by atoms with Gasteiger partial charge >= 0.3 is 0 Å². The molecule has 0 radical (unpaired) electrons. The van der Waals surface area contributed by atoms with Crippen molar-refractivity contribution in [2.75, 3.05) is 18.1 Å². The number of H-pyrrole nitrogens is 1. The monoisotopic (exact) mass is 240 g/mol. The minimum Gasteiger partial charge on any atom is -0.349 e. The summed E-state index contributed by atoms with van der Waals surface area (Å²) >= 11 is 1.90. The van der Waals surface area contributed by atoms with Crippen molar-refractivity contribution in [2.45, 2.75) is 19.0 Å². The molecule has 0 bridgehead atoms. The van der Waals surface area contributed by atoms with Crippen molar-refractivity contribution in [3.63, 3.8) is 0 Å². The lowest BCUT2D eigenvalue weighted by molar-refractivity contribution is -0.121. The Morgan fingerprint density at radius 1 is 1.69 bits per heavy atom. The molecule has 1 aromatic heterocycles. The Morgan fingerprint density at radius 3 is 3.31 bits per heavy atom. The zero-order chi connectivity index (χ0) is 11.2. The van der Waals surface area contributed by atoms with Crippen LogP contribution in [0.1, 0.15) is 12.2 Å². The van der Waals surface area contributed by atoms with Gasteiger partial charge < -0.3 is 15.6 Å². The molecule has 88 valence electrons. The molecule has 1 aromatic rings. The maximum Gasteiger partial charge on any atom is 0.221 e. The molecule has 6 heteroatoms. The molecule has 1 fully saturated rings. The first-order chi connectivity index (χ1) is 7.84. The maximum atomic E-state index is 11.6. The SMILES string of the molecule is O=C(CC1CSCCN1)NCc1ncc[nH]1. The predicted octanol–water partition coefficient (Wildman–Crippen LogP) is 0.121. The van der Waals surface area contributed by atoms with E-state index in [2.05, 4.69) is 20.6 Å². The molecule has 0 aromatic carbocycles. The van der Waals surface area contributed by atoms with Crippen molar-refractivity contribution in [1.82, 2.24) is 20.6 Å². The van der Waals surface area contributed by atoms with Crippen LogP contribution in [0.3, 0.4) is 0 Å². The molecule has 0 saturated carbocycles. The summed E-state index contributed by atoms with van der Waals surface area (Å²) in [6, 6.07) is 0.315. The molecule has 2 rings (SSSR count). The fourth-order valence-electron chi connectivity index (χ4n) is 1.62. The normalized spacial score (nSPS) is 20.6. The summed E-state index contributed by atoms with van der Waals surface area (Å²) in [5.74, 6) is 3.04. The number of amides is 1. The first-order valence-corrected chi connectivity index (χ1v) is 6.56. The predicted molar refractivity (Wildman–Crippen MR) is 64.2 cm³/mol. The second-order valence-electron chi connectivity index (χ2n) is 3.74. The van der Waals surface area contributed by atoms with Gasteiger partial charge in [0.2, 0.25) is 5.91 Å². The lowest BCUT2D eigenvalue weighted by atomic mass is 10.2. The number of imidazole rings is 1. The number of aromatic amines is 1. The summed E-state index contributed by atoms with van der Waals surface area (Å²) in [4.78, 5) is 18.6. The van der Waals surface area contributed by atoms with Crippen LogP contribution in [0, 0.1) is 0 Å². The highest BCUT2D eigenvalue weighted by Gasteiger charge is 2.16. The van der Waals surface area contributed by atoms with E-state index in [1.807, 2.05) is 11.8 Å². The number of thioether (sulfide) groups is 1. The largest absolute Gasteiger partial charge is 0.349 e. The summed E-state index contributed by atoms with van der Waals surface area (Å²) in [6.07, 6.45) is 3.98. The number of rotatable bonds is 4. The van der Waals surface area contributed by atoms with E-state index in [0.717, 1.165) is 23.9 Å². The van der Waals surface area contributed by atoms with E-state index in [9.17, 15) is 4.79 Å². The molecule has 0 spiro atoms. The van der Waals surface area contributed by atoms with E-state index in [-0.39, 0.29) is 5.91 Å². The molecule has 1 aliphatic rings. The van der Waals surface area contributed by atoms with Crippen LogP contribution < -0.4 is 10.6 Å². The van der Waals surface area contributed by atoms with Crippen LogP contribution in [-0.2, 0) is 11.3 Å². The third-order valence-corrected chi connectivity index (χ3v) is 3.57. The summed E-state index contributed by atoms with van der Waals surface area (Å²) in [5.41, 5.74) is 0. The average Bonchev–Trinajstić information content (AvgIpc) is 2.81. The van der Waals surface area contributed by atoms with Crippen molar-refractivity contribution in [3.05, 3.63) is 18.2 Å². The van der Waals surface area contributed by atoms with Gasteiger partial charge in [0, 0.05) is 42.9 Å². The maximum absolute atomic E-state index is 11.6. The third kappa shape index (κ3) is 3.53. The van der Waals surface area contributed by atoms with Gasteiger partial charge in [0.1, 0.15) is 5.82 Å². The second-order valence-corrected chi connectivity index (χ2v) is 4.89. The van der Waals surface area contributed by atoms with Gasteiger partial charge in [-0.05, 0) is 0 Å². The van der Waals surface area contributed by atoms with E-state index < -0.39 is 0 Å². The van der Waals surface area contributed by atoms with Crippen molar-refractivity contribution in [1.29, 1.82) is 0 Å². The molecule has 1 amide bonds. The van der Waals surface area contributed by atoms with E-state index in [4.69, 9.17) is 0 Å². The molecule has 0 aliphatic carbocycles. The minimum absolute atomic E-state index is 0.0800. The zero-order valence-corrected chi connectivity index (χ0v) is 9.85. The van der Waals surface area contributed by atoms with Gasteiger partial charge in [0.05, 0.1) is 6.54 Å². The molecular formula is C10H16N4OS. The molecule has 1 unspecified atom stereocenters. The molecule has 16 heavy (non-hydrogen) atoms. The van der Waals surface area contributed by atoms with E-state index in [1.165, 1.54) is 0 Å². The van der Waals surface area contributed by atoms with Gasteiger partial charge in [-0.2, -0.15) is 11.8 Å². The smallest absolute Gasteiger partial charge is 0.221 e. The summed E-state index contributed by atoms with van der Waals surface area (Å²) in [7, 11) is 0.